The Kier molecular flexibility index (Phi) is 4.36. The van der Waals surface area contributed by atoms with Crippen LogP contribution in [0, 0.1) is 0 Å². The van der Waals surface area contributed by atoms with Crippen molar-refractivity contribution in [1.29, 1.82) is 0 Å². The van der Waals surface area contributed by atoms with E-state index in [9.17, 15) is 9.59 Å². The lowest BCUT2D eigenvalue weighted by atomic mass is 10.0. The van der Waals surface area contributed by atoms with Gasteiger partial charge in [-0.05, 0) is 18.2 Å². The molecule has 1 atom stereocenters. The molecule has 1 aliphatic rings. The molecule has 24 heavy (non-hydrogen) atoms. The molecule has 122 valence electrons. The number of rotatable bonds is 2. The number of hydrogen-bond acceptors (Lipinski definition) is 3. The Morgan fingerprint density at radius 3 is 2.54 bits per heavy atom. The van der Waals surface area contributed by atoms with E-state index in [1.54, 1.807) is 32.3 Å². The molecule has 0 saturated carbocycles. The van der Waals surface area contributed by atoms with Crippen molar-refractivity contribution in [3.63, 3.8) is 0 Å². The molecule has 3 rings (SSSR count). The first kappa shape index (κ1) is 16.2. The molecule has 0 bridgehead atoms. The lowest BCUT2D eigenvalue weighted by molar-refractivity contribution is -0.134. The molecule has 1 N–H and O–H groups in total. The van der Waals surface area contributed by atoms with Gasteiger partial charge in [-0.3, -0.25) is 14.6 Å². The van der Waals surface area contributed by atoms with Crippen LogP contribution in [-0.4, -0.2) is 42.6 Å². The van der Waals surface area contributed by atoms with E-state index in [1.165, 1.54) is 4.90 Å². The maximum Gasteiger partial charge on any atom is 0.258 e. The quantitative estimate of drug-likeness (QED) is 0.853. The summed E-state index contributed by atoms with van der Waals surface area (Å²) in [5.41, 5.74) is 2.65. The molecule has 1 heterocycles. The number of benzene rings is 2. The Bertz CT molecular complexity index is 831. The van der Waals surface area contributed by atoms with Gasteiger partial charge in [-0.25, -0.2) is 0 Å². The lowest BCUT2D eigenvalue weighted by Crippen LogP contribution is -2.40. The first-order chi connectivity index (χ1) is 11.5. The van der Waals surface area contributed by atoms with Gasteiger partial charge in [0.2, 0.25) is 6.04 Å². The van der Waals surface area contributed by atoms with Crippen molar-refractivity contribution in [2.45, 2.75) is 6.04 Å². The number of amides is 2. The maximum atomic E-state index is 12.5. The van der Waals surface area contributed by atoms with E-state index in [-0.39, 0.29) is 5.91 Å². The third kappa shape index (κ3) is 3.03. The van der Waals surface area contributed by atoms with Crippen molar-refractivity contribution >= 4 is 34.8 Å². The third-order valence-corrected chi connectivity index (χ3v) is 3.96. The second-order valence-electron chi connectivity index (χ2n) is 5.66. The Hall–Kier alpha value is -2.66. The topological polar surface area (TPSA) is 61.8 Å². The molecule has 0 spiro atoms. The van der Waals surface area contributed by atoms with E-state index >= 15 is 0 Å². The average molecular weight is 342 g/mol. The van der Waals surface area contributed by atoms with E-state index in [0.717, 1.165) is 5.56 Å². The van der Waals surface area contributed by atoms with Gasteiger partial charge in [0.1, 0.15) is 0 Å². The smallest absolute Gasteiger partial charge is 0.258 e. The molecular formula is C18H16ClN3O2. The van der Waals surface area contributed by atoms with Crippen molar-refractivity contribution in [2.24, 2.45) is 4.99 Å². The number of carbonyl (C=O) groups is 2. The Morgan fingerprint density at radius 2 is 1.88 bits per heavy atom. The minimum Gasteiger partial charge on any atom is -0.346 e. The van der Waals surface area contributed by atoms with Crippen molar-refractivity contribution in [3.05, 3.63) is 64.7 Å². The summed E-state index contributed by atoms with van der Waals surface area (Å²) in [4.78, 5) is 30.7. The van der Waals surface area contributed by atoms with Gasteiger partial charge in [-0.15, -0.1) is 0 Å². The largest absolute Gasteiger partial charge is 0.346 e. The Morgan fingerprint density at radius 1 is 1.17 bits per heavy atom. The highest BCUT2D eigenvalue weighted by molar-refractivity contribution is 6.32. The summed E-state index contributed by atoms with van der Waals surface area (Å²) in [5.74, 6) is -0.831. The summed E-state index contributed by atoms with van der Waals surface area (Å²) in [6, 6.07) is 13.4. The van der Waals surface area contributed by atoms with Crippen molar-refractivity contribution in [2.75, 3.05) is 19.4 Å². The summed E-state index contributed by atoms with van der Waals surface area (Å²) in [7, 11) is 3.20. The van der Waals surface area contributed by atoms with Crippen LogP contribution in [0.2, 0.25) is 5.02 Å². The number of hydrogen-bond donors (Lipinski definition) is 1. The monoisotopic (exact) mass is 341 g/mol. The van der Waals surface area contributed by atoms with Gasteiger partial charge in [0.25, 0.3) is 11.8 Å². The molecule has 5 nitrogen and oxygen atoms in total. The zero-order valence-corrected chi connectivity index (χ0v) is 14.0. The van der Waals surface area contributed by atoms with Gasteiger partial charge in [0, 0.05) is 30.2 Å². The molecule has 2 aromatic carbocycles. The van der Waals surface area contributed by atoms with E-state index in [0.29, 0.717) is 22.0 Å². The van der Waals surface area contributed by atoms with Crippen LogP contribution in [0.5, 0.6) is 0 Å². The molecule has 0 aliphatic carbocycles. The van der Waals surface area contributed by atoms with Gasteiger partial charge >= 0.3 is 0 Å². The van der Waals surface area contributed by atoms with Crippen LogP contribution in [0.15, 0.2) is 53.5 Å². The molecule has 1 aliphatic heterocycles. The van der Waals surface area contributed by atoms with Crippen molar-refractivity contribution < 1.29 is 9.59 Å². The predicted molar refractivity (Wildman–Crippen MR) is 94.6 cm³/mol. The summed E-state index contributed by atoms with van der Waals surface area (Å²) >= 11 is 6.13. The normalized spacial score (nSPS) is 16.5. The highest BCUT2D eigenvalue weighted by Crippen LogP contribution is 2.27. The fourth-order valence-electron chi connectivity index (χ4n) is 2.52. The minimum absolute atomic E-state index is 0.375. The molecule has 6 heteroatoms. The van der Waals surface area contributed by atoms with Crippen LogP contribution in [-0.2, 0) is 9.59 Å². The number of fused-ring (bicyclic) bond motifs is 1. The number of anilines is 1. The lowest BCUT2D eigenvalue weighted by Gasteiger charge is -2.15. The molecular weight excluding hydrogens is 326 g/mol. The van der Waals surface area contributed by atoms with E-state index in [1.807, 2.05) is 30.3 Å². The number of halogens is 1. The standard InChI is InChI=1S/C18H16ClN3O2/c1-22(2)18(24)16-17(23)20-14-9-8-12(19)10-13(14)15(21-16)11-6-4-3-5-7-11/h3-10,16H,1-2H3,(H,20,23). The van der Waals surface area contributed by atoms with E-state index in [4.69, 9.17) is 11.6 Å². The number of nitrogens with zero attached hydrogens (tertiary/aromatic N) is 2. The van der Waals surface area contributed by atoms with E-state index < -0.39 is 11.9 Å². The van der Waals surface area contributed by atoms with Crippen LogP contribution in [0.1, 0.15) is 11.1 Å². The maximum absolute atomic E-state index is 12.5. The van der Waals surface area contributed by atoms with Crippen LogP contribution in [0.25, 0.3) is 0 Å². The van der Waals surface area contributed by atoms with Gasteiger partial charge in [0.15, 0.2) is 0 Å². The first-order valence-corrected chi connectivity index (χ1v) is 7.80. The fraction of sp³-hybridized carbons (Fsp3) is 0.167. The fourth-order valence-corrected chi connectivity index (χ4v) is 2.69. The molecule has 0 aromatic heterocycles. The summed E-state index contributed by atoms with van der Waals surface area (Å²) in [6.07, 6.45) is 0. The predicted octanol–water partition coefficient (Wildman–Crippen LogP) is 2.59. The molecule has 1 unspecified atom stereocenters. The number of benzodiazepines with no additional fused rings is 1. The number of likely N-dealkylation sites (N-methyl/N-ethyl adjacent to an activating group) is 1. The van der Waals surface area contributed by atoms with Crippen molar-refractivity contribution in [3.8, 4) is 0 Å². The molecule has 2 aromatic rings. The molecule has 0 saturated heterocycles. The second kappa shape index (κ2) is 6.45. The summed E-state index contributed by atoms with van der Waals surface area (Å²) < 4.78 is 0. The van der Waals surface area contributed by atoms with Gasteiger partial charge in [-0.2, -0.15) is 0 Å². The second-order valence-corrected chi connectivity index (χ2v) is 6.09. The molecule has 2 amide bonds. The third-order valence-electron chi connectivity index (χ3n) is 3.72. The summed E-state index contributed by atoms with van der Waals surface area (Å²) in [5, 5.41) is 3.31. The highest BCUT2D eigenvalue weighted by atomic mass is 35.5. The SMILES string of the molecule is CN(C)C(=O)C1N=C(c2ccccc2)c2cc(Cl)ccc2NC1=O. The Labute approximate surface area is 145 Å². The summed E-state index contributed by atoms with van der Waals surface area (Å²) in [6.45, 7) is 0. The van der Waals surface area contributed by atoms with Gasteiger partial charge < -0.3 is 10.2 Å². The first-order valence-electron chi connectivity index (χ1n) is 7.42. The van der Waals surface area contributed by atoms with Gasteiger partial charge in [0.05, 0.1) is 11.4 Å². The van der Waals surface area contributed by atoms with E-state index in [2.05, 4.69) is 10.3 Å². The molecule has 0 fully saturated rings. The van der Waals surface area contributed by atoms with Crippen molar-refractivity contribution in [1.82, 2.24) is 4.90 Å². The average Bonchev–Trinajstić information content (AvgIpc) is 2.71. The zero-order valence-electron chi connectivity index (χ0n) is 13.3. The minimum atomic E-state index is -1.14. The number of carbonyl (C=O) groups excluding carboxylic acids is 2. The van der Waals surface area contributed by atoms with Crippen LogP contribution in [0.3, 0.4) is 0 Å². The highest BCUT2D eigenvalue weighted by Gasteiger charge is 2.32. The number of nitrogens with one attached hydrogen (secondary N) is 1. The molecule has 0 radical (unpaired) electrons. The Balaban J connectivity index is 2.22. The van der Waals surface area contributed by atoms with Crippen LogP contribution >= 0.6 is 11.6 Å². The number of aliphatic imine (C=N–C) groups is 1. The van der Waals surface area contributed by atoms with Crippen LogP contribution in [0.4, 0.5) is 5.69 Å². The zero-order chi connectivity index (χ0) is 17.3. The van der Waals surface area contributed by atoms with Crippen LogP contribution < -0.4 is 5.32 Å². The van der Waals surface area contributed by atoms with Gasteiger partial charge in [-0.1, -0.05) is 41.9 Å².